The average Bonchev–Trinajstić information content (AvgIpc) is 2.43. The van der Waals surface area contributed by atoms with Crippen LogP contribution in [0.5, 0.6) is 0 Å². The second kappa shape index (κ2) is 7.15. The van der Waals surface area contributed by atoms with E-state index in [0.29, 0.717) is 0 Å². The zero-order valence-electron chi connectivity index (χ0n) is 13.4. The summed E-state index contributed by atoms with van der Waals surface area (Å²) in [6, 6.07) is 17.4. The van der Waals surface area contributed by atoms with Gasteiger partial charge in [0.15, 0.2) is 0 Å². The maximum atomic E-state index is 3.57. The molecule has 0 unspecified atom stereocenters. The fraction of sp³-hybridized carbons (Fsp3) is 0.368. The molecule has 0 spiro atoms. The number of hydrogen-bond donors (Lipinski definition) is 1. The largest absolute Gasteiger partial charge is 0.308 e. The first-order valence-electron chi connectivity index (χ1n) is 7.45. The van der Waals surface area contributed by atoms with E-state index < -0.39 is 0 Å². The highest BCUT2D eigenvalue weighted by atomic mass is 32.2. The first-order valence-corrected chi connectivity index (χ1v) is 8.44. The van der Waals surface area contributed by atoms with Gasteiger partial charge < -0.3 is 5.32 Å². The Balaban J connectivity index is 2.03. The second-order valence-corrected chi connectivity index (χ2v) is 7.51. The number of hydrogen-bond acceptors (Lipinski definition) is 2. The average molecular weight is 299 g/mol. The maximum absolute atomic E-state index is 3.57. The molecule has 0 heterocycles. The Hall–Kier alpha value is -1.25. The van der Waals surface area contributed by atoms with Crippen molar-refractivity contribution in [3.63, 3.8) is 0 Å². The number of nitrogens with one attached hydrogen (secondary N) is 1. The van der Waals surface area contributed by atoms with Crippen molar-refractivity contribution in [2.45, 2.75) is 50.4 Å². The van der Waals surface area contributed by atoms with Crippen molar-refractivity contribution < 1.29 is 0 Å². The fourth-order valence-electron chi connectivity index (χ4n) is 2.11. The first-order chi connectivity index (χ1) is 9.94. The van der Waals surface area contributed by atoms with Crippen molar-refractivity contribution >= 4 is 11.8 Å². The smallest absolute Gasteiger partial charge is 0.0232 e. The van der Waals surface area contributed by atoms with Crippen LogP contribution >= 0.6 is 11.8 Å². The molecule has 0 aliphatic heterocycles. The highest BCUT2D eigenvalue weighted by Crippen LogP contribution is 2.26. The summed E-state index contributed by atoms with van der Waals surface area (Å²) in [5, 5.41) is 3.57. The van der Waals surface area contributed by atoms with Gasteiger partial charge in [-0.3, -0.25) is 0 Å². The number of thioether (sulfide) groups is 1. The van der Waals surface area contributed by atoms with E-state index in [0.717, 1.165) is 12.3 Å². The first kappa shape index (κ1) is 16.1. The number of rotatable bonds is 5. The van der Waals surface area contributed by atoms with Gasteiger partial charge in [0.05, 0.1) is 0 Å². The molecule has 1 nitrogen and oxygen atoms in total. The van der Waals surface area contributed by atoms with Crippen LogP contribution in [-0.4, -0.2) is 5.54 Å². The van der Waals surface area contributed by atoms with E-state index in [2.05, 4.69) is 81.5 Å². The summed E-state index contributed by atoms with van der Waals surface area (Å²) in [6.45, 7) is 9.68. The molecule has 0 bridgehead atoms. The molecule has 2 rings (SSSR count). The predicted octanol–water partition coefficient (Wildman–Crippen LogP) is 5.18. The highest BCUT2D eigenvalue weighted by Gasteiger charge is 2.10. The van der Waals surface area contributed by atoms with Gasteiger partial charge in [-0.1, -0.05) is 48.0 Å². The van der Waals surface area contributed by atoms with Gasteiger partial charge in [0.1, 0.15) is 0 Å². The highest BCUT2D eigenvalue weighted by molar-refractivity contribution is 7.98. The summed E-state index contributed by atoms with van der Waals surface area (Å²) in [5.74, 6) is 1.02. The Bertz CT molecular complexity index is 584. The van der Waals surface area contributed by atoms with E-state index >= 15 is 0 Å². The standard InChI is InChI=1S/C19H25NS/c1-15-8-7-9-16(12-15)14-21-18-11-6-5-10-17(18)13-20-19(2,3)4/h5-12,20H,13-14H2,1-4H3. The van der Waals surface area contributed by atoms with Crippen LogP contribution in [0, 0.1) is 6.92 Å². The van der Waals surface area contributed by atoms with Crippen molar-refractivity contribution in [1.29, 1.82) is 0 Å². The van der Waals surface area contributed by atoms with Crippen LogP contribution in [-0.2, 0) is 12.3 Å². The van der Waals surface area contributed by atoms with E-state index in [9.17, 15) is 0 Å². The lowest BCUT2D eigenvalue weighted by Gasteiger charge is -2.21. The quantitative estimate of drug-likeness (QED) is 0.764. The maximum Gasteiger partial charge on any atom is 0.0232 e. The predicted molar refractivity (Wildman–Crippen MR) is 93.8 cm³/mol. The second-order valence-electron chi connectivity index (χ2n) is 6.49. The minimum Gasteiger partial charge on any atom is -0.308 e. The third-order valence-electron chi connectivity index (χ3n) is 3.26. The summed E-state index contributed by atoms with van der Waals surface area (Å²) in [6.07, 6.45) is 0. The van der Waals surface area contributed by atoms with Gasteiger partial charge >= 0.3 is 0 Å². The molecule has 0 saturated heterocycles. The SMILES string of the molecule is Cc1cccc(CSc2ccccc2CNC(C)(C)C)c1. The third-order valence-corrected chi connectivity index (χ3v) is 4.45. The van der Waals surface area contributed by atoms with E-state index in [1.165, 1.54) is 21.6 Å². The Labute approximate surface area is 133 Å². The molecule has 2 heteroatoms. The summed E-state index contributed by atoms with van der Waals surface area (Å²) in [4.78, 5) is 1.37. The van der Waals surface area contributed by atoms with Crippen molar-refractivity contribution in [3.05, 3.63) is 65.2 Å². The number of aryl methyl sites for hydroxylation is 1. The molecule has 0 fully saturated rings. The van der Waals surface area contributed by atoms with Gasteiger partial charge in [0.25, 0.3) is 0 Å². The molecule has 0 saturated carbocycles. The molecule has 2 aromatic rings. The van der Waals surface area contributed by atoms with Crippen LogP contribution in [0.25, 0.3) is 0 Å². The summed E-state index contributed by atoms with van der Waals surface area (Å²) in [7, 11) is 0. The van der Waals surface area contributed by atoms with Crippen LogP contribution in [0.3, 0.4) is 0 Å². The lowest BCUT2D eigenvalue weighted by Crippen LogP contribution is -2.35. The Morgan fingerprint density at radius 1 is 1.00 bits per heavy atom. The molecule has 0 aromatic heterocycles. The minimum atomic E-state index is 0.147. The zero-order valence-corrected chi connectivity index (χ0v) is 14.3. The molecule has 2 aromatic carbocycles. The van der Waals surface area contributed by atoms with Crippen LogP contribution in [0.1, 0.15) is 37.5 Å². The van der Waals surface area contributed by atoms with E-state index in [-0.39, 0.29) is 5.54 Å². The molecule has 0 aliphatic rings. The molecule has 0 amide bonds. The summed E-state index contributed by atoms with van der Waals surface area (Å²) >= 11 is 1.92. The zero-order chi connectivity index (χ0) is 15.3. The van der Waals surface area contributed by atoms with Gasteiger partial charge in [-0.2, -0.15) is 0 Å². The van der Waals surface area contributed by atoms with Gasteiger partial charge in [0, 0.05) is 22.7 Å². The molecule has 1 N–H and O–H groups in total. The van der Waals surface area contributed by atoms with Gasteiger partial charge in [-0.05, 0) is 44.9 Å². The third kappa shape index (κ3) is 5.56. The molecule has 21 heavy (non-hydrogen) atoms. The molecule has 0 aliphatic carbocycles. The van der Waals surface area contributed by atoms with Crippen LogP contribution in [0.15, 0.2) is 53.4 Å². The van der Waals surface area contributed by atoms with Gasteiger partial charge in [0.2, 0.25) is 0 Å². The molecule has 112 valence electrons. The Morgan fingerprint density at radius 2 is 1.76 bits per heavy atom. The van der Waals surface area contributed by atoms with Crippen molar-refractivity contribution in [2.75, 3.05) is 0 Å². The minimum absolute atomic E-state index is 0.147. The van der Waals surface area contributed by atoms with Crippen LogP contribution in [0.2, 0.25) is 0 Å². The lowest BCUT2D eigenvalue weighted by molar-refractivity contribution is 0.422. The van der Waals surface area contributed by atoms with E-state index in [1.54, 1.807) is 0 Å². The van der Waals surface area contributed by atoms with Gasteiger partial charge in [-0.25, -0.2) is 0 Å². The summed E-state index contributed by atoms with van der Waals surface area (Å²) in [5.41, 5.74) is 4.24. The van der Waals surface area contributed by atoms with Crippen LogP contribution in [0.4, 0.5) is 0 Å². The Kier molecular flexibility index (Phi) is 5.49. The number of benzene rings is 2. The molecule has 0 radical (unpaired) electrons. The van der Waals surface area contributed by atoms with Crippen LogP contribution < -0.4 is 5.32 Å². The normalized spacial score (nSPS) is 11.6. The lowest BCUT2D eigenvalue weighted by atomic mass is 10.1. The molecular formula is C19H25NS. The van der Waals surface area contributed by atoms with E-state index in [1.807, 2.05) is 11.8 Å². The van der Waals surface area contributed by atoms with Crippen molar-refractivity contribution in [2.24, 2.45) is 0 Å². The summed E-state index contributed by atoms with van der Waals surface area (Å²) < 4.78 is 0. The van der Waals surface area contributed by atoms with Gasteiger partial charge in [-0.15, -0.1) is 11.8 Å². The van der Waals surface area contributed by atoms with E-state index in [4.69, 9.17) is 0 Å². The fourth-order valence-corrected chi connectivity index (χ4v) is 3.12. The topological polar surface area (TPSA) is 12.0 Å². The van der Waals surface area contributed by atoms with Crippen molar-refractivity contribution in [1.82, 2.24) is 5.32 Å². The monoisotopic (exact) mass is 299 g/mol. The van der Waals surface area contributed by atoms with Crippen molar-refractivity contribution in [3.8, 4) is 0 Å². The molecule has 0 atom stereocenters. The Morgan fingerprint density at radius 3 is 2.48 bits per heavy atom. The molecular weight excluding hydrogens is 274 g/mol.